The fraction of sp³-hybridized carbons (Fsp3) is 0.696. The summed E-state index contributed by atoms with van der Waals surface area (Å²) in [6.07, 6.45) is 1.87. The van der Waals surface area contributed by atoms with Crippen LogP contribution in [0.15, 0.2) is 29.2 Å². The summed E-state index contributed by atoms with van der Waals surface area (Å²) in [6, 6.07) is 6.07. The minimum Gasteiger partial charge on any atom is -0.460 e. The molecule has 1 aliphatic heterocycles. The fourth-order valence-electron chi connectivity index (χ4n) is 5.94. The predicted octanol–water partition coefficient (Wildman–Crippen LogP) is 3.40. The smallest absolute Gasteiger partial charge is 0.338 e. The highest BCUT2D eigenvalue weighted by Crippen LogP contribution is 2.67. The molecule has 0 aromatic heterocycles. The molecule has 2 saturated carbocycles. The Hall–Kier alpha value is -1.69. The van der Waals surface area contributed by atoms with Crippen LogP contribution in [0.5, 0.6) is 0 Å². The molecule has 2 aliphatic carbocycles. The van der Waals surface area contributed by atoms with Gasteiger partial charge in [0.05, 0.1) is 10.7 Å². The summed E-state index contributed by atoms with van der Waals surface area (Å²) in [5, 5.41) is 14.0. The number of esters is 1. The highest BCUT2D eigenvalue weighted by molar-refractivity contribution is 8.01. The van der Waals surface area contributed by atoms with Gasteiger partial charge in [-0.25, -0.2) is 17.5 Å². The van der Waals surface area contributed by atoms with Gasteiger partial charge < -0.3 is 4.74 Å². The van der Waals surface area contributed by atoms with Crippen molar-refractivity contribution in [2.24, 2.45) is 16.7 Å². The van der Waals surface area contributed by atoms with Gasteiger partial charge >= 0.3 is 5.97 Å². The van der Waals surface area contributed by atoms with Gasteiger partial charge in [-0.05, 0) is 42.7 Å². The lowest BCUT2D eigenvalue weighted by Crippen LogP contribution is -2.50. The number of nitro groups is 1. The van der Waals surface area contributed by atoms with E-state index in [9.17, 15) is 23.3 Å². The third kappa shape index (κ3) is 4.14. The third-order valence-corrected chi connectivity index (χ3v) is 11.8. The zero-order valence-corrected chi connectivity index (χ0v) is 21.7. The molecule has 3 fully saturated rings. The summed E-state index contributed by atoms with van der Waals surface area (Å²) in [4.78, 5) is 23.6. The molecule has 1 aromatic carbocycles. The molecule has 11 heteroatoms. The Morgan fingerprint density at radius 3 is 2.38 bits per heavy atom. The fourth-order valence-corrected chi connectivity index (χ4v) is 9.28. The Kier molecular flexibility index (Phi) is 6.54. The Bertz CT molecular complexity index is 1070. The number of sulfonamides is 1. The minimum atomic E-state index is -3.50. The van der Waals surface area contributed by atoms with E-state index in [4.69, 9.17) is 4.74 Å². The number of benzene rings is 1. The van der Waals surface area contributed by atoms with Crippen LogP contribution in [0.25, 0.3) is 0 Å². The molecule has 0 radical (unpaired) electrons. The molecule has 3 aliphatic rings. The number of non-ortho nitro benzene ring substituents is 1. The van der Waals surface area contributed by atoms with Gasteiger partial charge in [0.25, 0.3) is 5.69 Å². The summed E-state index contributed by atoms with van der Waals surface area (Å²) in [7, 11) is -3.50. The van der Waals surface area contributed by atoms with E-state index in [1.54, 1.807) is 12.1 Å². The number of fused-ring (bicyclic) bond motifs is 2. The van der Waals surface area contributed by atoms with E-state index in [0.29, 0.717) is 32.0 Å². The van der Waals surface area contributed by atoms with Gasteiger partial charge in [-0.15, -0.1) is 0 Å². The lowest BCUT2D eigenvalue weighted by molar-refractivity contribution is -0.384. The maximum atomic E-state index is 13.3. The minimum absolute atomic E-state index is 0.00898. The first-order valence-corrected chi connectivity index (χ1v) is 14.2. The first-order valence-electron chi connectivity index (χ1n) is 11.8. The molecule has 2 bridgehead atoms. The first kappa shape index (κ1) is 25.4. The quantitative estimate of drug-likeness (QED) is 0.219. The number of carbonyl (C=O) groups excluding carboxylic acids is 1. The van der Waals surface area contributed by atoms with Crippen molar-refractivity contribution in [1.82, 2.24) is 9.62 Å². The van der Waals surface area contributed by atoms with Gasteiger partial charge in [-0.3, -0.25) is 15.4 Å². The lowest BCUT2D eigenvalue weighted by atomic mass is 9.69. The topological polar surface area (TPSA) is 129 Å². The van der Waals surface area contributed by atoms with E-state index >= 15 is 0 Å². The summed E-state index contributed by atoms with van der Waals surface area (Å²) in [5.41, 5.74) is -0.887. The number of thioether (sulfide) groups is 1. The molecule has 0 amide bonds. The van der Waals surface area contributed by atoms with Crippen molar-refractivity contribution < 1.29 is 22.9 Å². The van der Waals surface area contributed by atoms with Crippen molar-refractivity contribution in [2.45, 2.75) is 62.8 Å². The molecular formula is C23H33N3O6S2. The van der Waals surface area contributed by atoms with Crippen LogP contribution >= 0.6 is 11.8 Å². The van der Waals surface area contributed by atoms with E-state index in [0.717, 1.165) is 17.7 Å². The third-order valence-electron chi connectivity index (χ3n) is 8.31. The number of carbonyl (C=O) groups is 1. The maximum Gasteiger partial charge on any atom is 0.338 e. The zero-order chi connectivity index (χ0) is 24.9. The monoisotopic (exact) mass is 511 g/mol. The van der Waals surface area contributed by atoms with Crippen LogP contribution in [0.3, 0.4) is 0 Å². The number of rotatable bonds is 10. The Labute approximate surface area is 205 Å². The first-order chi connectivity index (χ1) is 15.9. The summed E-state index contributed by atoms with van der Waals surface area (Å²) in [6.45, 7) is 9.18. The van der Waals surface area contributed by atoms with E-state index in [1.165, 1.54) is 28.2 Å². The largest absolute Gasteiger partial charge is 0.460 e. The van der Waals surface area contributed by atoms with Crippen LogP contribution in [-0.4, -0.2) is 60.0 Å². The average Bonchev–Trinajstić information content (AvgIpc) is 3.48. The molecule has 0 unspecified atom stereocenters. The van der Waals surface area contributed by atoms with Crippen LogP contribution in [-0.2, 0) is 19.6 Å². The van der Waals surface area contributed by atoms with Crippen molar-refractivity contribution in [3.05, 3.63) is 34.4 Å². The second-order valence-electron chi connectivity index (χ2n) is 10.1. The Balaban J connectivity index is 1.53. The van der Waals surface area contributed by atoms with Crippen molar-refractivity contribution in [3.63, 3.8) is 0 Å². The maximum absolute atomic E-state index is 13.3. The molecule has 1 N–H and O–H groups in total. The number of ether oxygens (including phenoxy) is 1. The highest BCUT2D eigenvalue weighted by atomic mass is 32.2. The van der Waals surface area contributed by atoms with Crippen molar-refractivity contribution in [2.75, 3.05) is 25.4 Å². The molecule has 1 aromatic rings. The molecule has 1 saturated heterocycles. The van der Waals surface area contributed by atoms with E-state index in [2.05, 4.69) is 19.2 Å². The van der Waals surface area contributed by atoms with Gasteiger partial charge in [-0.1, -0.05) is 39.5 Å². The Morgan fingerprint density at radius 2 is 1.88 bits per heavy atom. The second-order valence-corrected chi connectivity index (χ2v) is 13.5. The van der Waals surface area contributed by atoms with Gasteiger partial charge in [-0.2, -0.15) is 0 Å². The molecule has 34 heavy (non-hydrogen) atoms. The molecule has 188 valence electrons. The number of nitrogens with zero attached hydrogens (tertiary/aromatic N) is 2. The van der Waals surface area contributed by atoms with Crippen LogP contribution < -0.4 is 5.32 Å². The molecule has 9 nitrogen and oxygen atoms in total. The SMILES string of the molecule is CCN(CC)S(=O)(=O)C[C@@]12CC[C@H](C[C@H]1OC(=O)[C@]1(Sc3ccc([N+](=O)[O-])cc3)CN1)C2(C)C. The van der Waals surface area contributed by atoms with Crippen molar-refractivity contribution in [1.29, 1.82) is 0 Å². The number of nitro benzene ring substituents is 1. The van der Waals surface area contributed by atoms with Gasteiger partial charge in [0, 0.05) is 42.1 Å². The average molecular weight is 512 g/mol. The summed E-state index contributed by atoms with van der Waals surface area (Å²) in [5.74, 6) is -0.106. The lowest BCUT2D eigenvalue weighted by Gasteiger charge is -2.42. The van der Waals surface area contributed by atoms with Gasteiger partial charge in [0.2, 0.25) is 10.0 Å². The number of nitrogens with one attached hydrogen (secondary N) is 1. The number of hydrogen-bond acceptors (Lipinski definition) is 8. The van der Waals surface area contributed by atoms with Crippen LogP contribution in [0, 0.1) is 26.9 Å². The predicted molar refractivity (Wildman–Crippen MR) is 130 cm³/mol. The van der Waals surface area contributed by atoms with Gasteiger partial charge in [0.1, 0.15) is 6.10 Å². The van der Waals surface area contributed by atoms with Crippen LogP contribution in [0.4, 0.5) is 5.69 Å². The molecule has 4 rings (SSSR count). The zero-order valence-electron chi connectivity index (χ0n) is 20.1. The highest BCUT2D eigenvalue weighted by Gasteiger charge is 2.68. The molecule has 4 atom stereocenters. The van der Waals surface area contributed by atoms with E-state index in [1.807, 2.05) is 13.8 Å². The Morgan fingerprint density at radius 1 is 1.26 bits per heavy atom. The second kappa shape index (κ2) is 8.76. The van der Waals surface area contributed by atoms with Crippen molar-refractivity contribution in [3.8, 4) is 0 Å². The standard InChI is InChI=1S/C23H33N3O6S2/c1-5-25(6-2)34(30,31)15-22-12-11-16(21(22,3)4)13-19(22)32-20(27)23(14-24-23)33-18-9-7-17(8-10-18)26(28)29/h7-10,16,19,24H,5-6,11-15H2,1-4H3/t16-,19-,22+,23-/m1/s1. The molecule has 1 heterocycles. The van der Waals surface area contributed by atoms with E-state index < -0.39 is 37.3 Å². The summed E-state index contributed by atoms with van der Waals surface area (Å²) < 4.78 is 34.2. The van der Waals surface area contributed by atoms with E-state index in [-0.39, 0.29) is 16.9 Å². The molecular weight excluding hydrogens is 478 g/mol. The van der Waals surface area contributed by atoms with Crippen molar-refractivity contribution >= 4 is 33.4 Å². The van der Waals surface area contributed by atoms with Gasteiger partial charge in [0.15, 0.2) is 4.87 Å². The van der Waals surface area contributed by atoms with Crippen LogP contribution in [0.1, 0.15) is 47.0 Å². The van der Waals surface area contributed by atoms with Crippen LogP contribution in [0.2, 0.25) is 0 Å². The summed E-state index contributed by atoms with van der Waals surface area (Å²) >= 11 is 1.28. The number of hydrogen-bond donors (Lipinski definition) is 1. The normalized spacial score (nSPS) is 31.6. The molecule has 0 spiro atoms.